The van der Waals surface area contributed by atoms with E-state index in [1.807, 2.05) is 49.4 Å². The third kappa shape index (κ3) is 3.25. The molecular formula is C23H23ClO4. The maximum atomic E-state index is 13.3. The normalized spacial score (nSPS) is 27.2. The van der Waals surface area contributed by atoms with E-state index in [4.69, 9.17) is 21.1 Å². The van der Waals surface area contributed by atoms with Gasteiger partial charge in [0, 0.05) is 12.1 Å². The molecule has 28 heavy (non-hydrogen) atoms. The van der Waals surface area contributed by atoms with Gasteiger partial charge < -0.3 is 9.47 Å². The number of hydrogen-bond acceptors (Lipinski definition) is 4. The maximum Gasteiger partial charge on any atom is 0.322 e. The summed E-state index contributed by atoms with van der Waals surface area (Å²) in [6, 6.07) is 13.4. The number of ketones is 1. The number of ether oxygens (including phenoxy) is 2. The highest BCUT2D eigenvalue weighted by molar-refractivity contribution is 6.30. The summed E-state index contributed by atoms with van der Waals surface area (Å²) in [7, 11) is 1.68. The first kappa shape index (κ1) is 19.2. The van der Waals surface area contributed by atoms with Gasteiger partial charge in [-0.05, 0) is 73.1 Å². The highest BCUT2D eigenvalue weighted by atomic mass is 35.5. The molecule has 0 amide bonds. The average molecular weight is 399 g/mol. The Bertz CT molecular complexity index is 911. The number of Topliss-reactive ketones (excluding diaryl/α,β-unsaturated/α-hetero) is 1. The number of carbonyl (C=O) groups is 2. The van der Waals surface area contributed by atoms with Crippen LogP contribution in [0.5, 0.6) is 0 Å². The van der Waals surface area contributed by atoms with E-state index in [2.05, 4.69) is 0 Å². The van der Waals surface area contributed by atoms with Crippen molar-refractivity contribution in [2.75, 3.05) is 7.11 Å². The molecule has 1 spiro atoms. The van der Waals surface area contributed by atoms with Gasteiger partial charge in [0.1, 0.15) is 5.92 Å². The zero-order chi connectivity index (χ0) is 19.9. The third-order valence-corrected chi connectivity index (χ3v) is 6.34. The van der Waals surface area contributed by atoms with Crippen molar-refractivity contribution in [2.45, 2.75) is 50.2 Å². The van der Waals surface area contributed by atoms with Crippen LogP contribution in [-0.2, 0) is 19.1 Å². The Hall–Kier alpha value is -2.17. The lowest BCUT2D eigenvalue weighted by atomic mass is 9.76. The van der Waals surface area contributed by atoms with Crippen molar-refractivity contribution in [1.82, 2.24) is 0 Å². The van der Waals surface area contributed by atoms with Crippen LogP contribution in [0.15, 0.2) is 42.5 Å². The molecule has 0 bridgehead atoms. The summed E-state index contributed by atoms with van der Waals surface area (Å²) < 4.78 is 11.1. The molecule has 5 heteroatoms. The highest BCUT2D eigenvalue weighted by Crippen LogP contribution is 2.44. The fraction of sp³-hybridized carbons (Fsp3) is 0.391. The Morgan fingerprint density at radius 2 is 1.68 bits per heavy atom. The largest absolute Gasteiger partial charge is 0.450 e. The molecule has 1 atom stereocenters. The fourth-order valence-corrected chi connectivity index (χ4v) is 4.48. The molecule has 1 unspecified atom stereocenters. The molecule has 2 aromatic carbocycles. The average Bonchev–Trinajstić information content (AvgIpc) is 2.93. The smallest absolute Gasteiger partial charge is 0.322 e. The quantitative estimate of drug-likeness (QED) is 0.547. The van der Waals surface area contributed by atoms with Crippen LogP contribution < -0.4 is 0 Å². The Morgan fingerprint density at radius 3 is 2.32 bits per heavy atom. The van der Waals surface area contributed by atoms with Crippen molar-refractivity contribution in [3.8, 4) is 11.1 Å². The van der Waals surface area contributed by atoms with Crippen molar-refractivity contribution in [3.05, 3.63) is 58.6 Å². The summed E-state index contributed by atoms with van der Waals surface area (Å²) in [5.74, 6) is -1.40. The first-order valence-corrected chi connectivity index (χ1v) is 9.98. The first-order valence-electron chi connectivity index (χ1n) is 9.60. The van der Waals surface area contributed by atoms with Gasteiger partial charge >= 0.3 is 5.97 Å². The van der Waals surface area contributed by atoms with Gasteiger partial charge in [0.05, 0.1) is 6.10 Å². The minimum absolute atomic E-state index is 0.108. The van der Waals surface area contributed by atoms with Crippen LogP contribution in [0.2, 0.25) is 5.02 Å². The molecule has 1 aliphatic heterocycles. The standard InChI is InChI=1S/C23H23ClO4/c1-14-3-4-16(15-5-7-17(24)8-6-15)13-19(14)20-21(25)23(28-22(20)26)11-9-18(27-2)10-12-23/h3-8,13,18,20H,9-12H2,1-2H3. The minimum Gasteiger partial charge on any atom is -0.450 e. The number of hydrogen-bond donors (Lipinski definition) is 0. The van der Waals surface area contributed by atoms with Gasteiger partial charge in [-0.25, -0.2) is 0 Å². The van der Waals surface area contributed by atoms with Gasteiger partial charge in [-0.2, -0.15) is 0 Å². The zero-order valence-electron chi connectivity index (χ0n) is 16.0. The molecule has 1 heterocycles. The van der Waals surface area contributed by atoms with Crippen LogP contribution in [0, 0.1) is 6.92 Å². The topological polar surface area (TPSA) is 52.6 Å². The fourth-order valence-electron chi connectivity index (χ4n) is 4.36. The van der Waals surface area contributed by atoms with Gasteiger partial charge in [0.15, 0.2) is 11.4 Å². The maximum absolute atomic E-state index is 13.3. The van der Waals surface area contributed by atoms with Crippen LogP contribution in [0.4, 0.5) is 0 Å². The molecule has 4 rings (SSSR count). The predicted molar refractivity (Wildman–Crippen MR) is 107 cm³/mol. The first-order chi connectivity index (χ1) is 13.4. The van der Waals surface area contributed by atoms with Gasteiger partial charge in [-0.15, -0.1) is 0 Å². The third-order valence-electron chi connectivity index (χ3n) is 6.08. The molecule has 2 fully saturated rings. The van der Waals surface area contributed by atoms with Crippen molar-refractivity contribution >= 4 is 23.4 Å². The van der Waals surface area contributed by atoms with Crippen molar-refractivity contribution in [1.29, 1.82) is 0 Å². The van der Waals surface area contributed by atoms with E-state index in [9.17, 15) is 9.59 Å². The van der Waals surface area contributed by atoms with E-state index in [-0.39, 0.29) is 11.9 Å². The summed E-state index contributed by atoms with van der Waals surface area (Å²) >= 11 is 5.99. The summed E-state index contributed by atoms with van der Waals surface area (Å²) in [6.45, 7) is 1.92. The number of carbonyl (C=O) groups excluding carboxylic acids is 2. The predicted octanol–water partition coefficient (Wildman–Crippen LogP) is 4.85. The Labute approximate surface area is 169 Å². The lowest BCUT2D eigenvalue weighted by Gasteiger charge is -2.33. The van der Waals surface area contributed by atoms with E-state index in [1.54, 1.807) is 7.11 Å². The van der Waals surface area contributed by atoms with E-state index >= 15 is 0 Å². The van der Waals surface area contributed by atoms with Crippen LogP contribution in [0.3, 0.4) is 0 Å². The van der Waals surface area contributed by atoms with Crippen LogP contribution in [0.1, 0.15) is 42.7 Å². The minimum atomic E-state index is -0.987. The Kier molecular flexibility index (Phi) is 5.02. The Morgan fingerprint density at radius 1 is 1.04 bits per heavy atom. The summed E-state index contributed by atoms with van der Waals surface area (Å²) in [6.07, 6.45) is 2.65. The number of halogens is 1. The Balaban J connectivity index is 1.67. The van der Waals surface area contributed by atoms with Crippen LogP contribution in [0.25, 0.3) is 11.1 Å². The molecule has 146 valence electrons. The SMILES string of the molecule is COC1CCC2(CC1)OC(=O)C(c1cc(-c3ccc(Cl)cc3)ccc1C)C2=O. The highest BCUT2D eigenvalue weighted by Gasteiger charge is 2.56. The lowest BCUT2D eigenvalue weighted by Crippen LogP contribution is -2.42. The molecule has 1 aliphatic carbocycles. The van der Waals surface area contributed by atoms with E-state index < -0.39 is 17.5 Å². The van der Waals surface area contributed by atoms with Gasteiger partial charge in [0.25, 0.3) is 0 Å². The second kappa shape index (κ2) is 7.34. The summed E-state index contributed by atoms with van der Waals surface area (Å²) in [5, 5.41) is 0.666. The number of benzene rings is 2. The van der Waals surface area contributed by atoms with Crippen LogP contribution in [-0.4, -0.2) is 30.6 Å². The molecule has 0 N–H and O–H groups in total. The molecule has 2 aliphatic rings. The van der Waals surface area contributed by atoms with E-state index in [0.29, 0.717) is 17.9 Å². The second-order valence-corrected chi connectivity index (χ2v) is 8.16. The molecule has 1 saturated heterocycles. The molecule has 2 aromatic rings. The van der Waals surface area contributed by atoms with Gasteiger partial charge in [-0.1, -0.05) is 35.9 Å². The molecule has 0 radical (unpaired) electrons. The number of methoxy groups -OCH3 is 1. The summed E-state index contributed by atoms with van der Waals surface area (Å²) in [5.41, 5.74) is 2.59. The molecular weight excluding hydrogens is 376 g/mol. The summed E-state index contributed by atoms with van der Waals surface area (Å²) in [4.78, 5) is 26.1. The van der Waals surface area contributed by atoms with Crippen molar-refractivity contribution in [3.63, 3.8) is 0 Å². The van der Waals surface area contributed by atoms with Crippen molar-refractivity contribution < 1.29 is 19.1 Å². The van der Waals surface area contributed by atoms with E-state index in [1.165, 1.54) is 0 Å². The van der Waals surface area contributed by atoms with E-state index in [0.717, 1.165) is 35.1 Å². The number of rotatable bonds is 3. The molecule has 0 aromatic heterocycles. The van der Waals surface area contributed by atoms with Crippen molar-refractivity contribution in [2.24, 2.45) is 0 Å². The molecule has 1 saturated carbocycles. The van der Waals surface area contributed by atoms with Gasteiger partial charge in [0.2, 0.25) is 0 Å². The zero-order valence-corrected chi connectivity index (χ0v) is 16.8. The lowest BCUT2D eigenvalue weighted by molar-refractivity contribution is -0.157. The second-order valence-electron chi connectivity index (χ2n) is 7.73. The number of aryl methyl sites for hydroxylation is 1. The van der Waals surface area contributed by atoms with Crippen LogP contribution >= 0.6 is 11.6 Å². The van der Waals surface area contributed by atoms with Gasteiger partial charge in [-0.3, -0.25) is 9.59 Å². The molecule has 4 nitrogen and oxygen atoms in total. The monoisotopic (exact) mass is 398 g/mol. The number of esters is 1.